The van der Waals surface area contributed by atoms with Gasteiger partial charge in [0.15, 0.2) is 0 Å². The van der Waals surface area contributed by atoms with Crippen molar-refractivity contribution in [3.8, 4) is 0 Å². The van der Waals surface area contributed by atoms with E-state index in [4.69, 9.17) is 5.73 Å². The van der Waals surface area contributed by atoms with Crippen LogP contribution in [0.15, 0.2) is 0 Å². The Bertz CT molecular complexity index is 238. The molecule has 2 N–H and O–H groups in total. The molecule has 4 nitrogen and oxygen atoms in total. The number of rotatable bonds is 2. The fourth-order valence-corrected chi connectivity index (χ4v) is 1.86. The Labute approximate surface area is 92.4 Å². The zero-order valence-corrected chi connectivity index (χ0v) is 10.3. The fraction of sp³-hybridized carbons (Fsp3) is 0.909. The Balaban J connectivity index is 2.55. The van der Waals surface area contributed by atoms with E-state index in [1.807, 2.05) is 11.8 Å². The second-order valence-corrected chi connectivity index (χ2v) is 5.23. The van der Waals surface area contributed by atoms with Crippen molar-refractivity contribution in [2.24, 2.45) is 5.73 Å². The van der Waals surface area contributed by atoms with Gasteiger partial charge in [-0.25, -0.2) is 0 Å². The van der Waals surface area contributed by atoms with Gasteiger partial charge >= 0.3 is 0 Å². The van der Waals surface area contributed by atoms with Crippen molar-refractivity contribution in [1.29, 1.82) is 0 Å². The third kappa shape index (κ3) is 3.18. The SMILES string of the molecule is CC(N)CC(=O)N1CCN(C)C(C)(C)C1. The minimum atomic E-state index is -0.0414. The zero-order chi connectivity index (χ0) is 11.6. The molecule has 0 bridgehead atoms. The molecule has 1 aliphatic heterocycles. The van der Waals surface area contributed by atoms with Gasteiger partial charge in [-0.05, 0) is 27.8 Å². The molecule has 15 heavy (non-hydrogen) atoms. The van der Waals surface area contributed by atoms with Crippen molar-refractivity contribution >= 4 is 5.91 Å². The van der Waals surface area contributed by atoms with Crippen LogP contribution in [0.25, 0.3) is 0 Å². The molecular formula is C11H23N3O. The van der Waals surface area contributed by atoms with E-state index < -0.39 is 0 Å². The topological polar surface area (TPSA) is 49.6 Å². The Kier molecular flexibility index (Phi) is 3.73. The number of carbonyl (C=O) groups excluding carboxylic acids is 1. The lowest BCUT2D eigenvalue weighted by atomic mass is 9.99. The molecule has 88 valence electrons. The second-order valence-electron chi connectivity index (χ2n) is 5.23. The third-order valence-electron chi connectivity index (χ3n) is 3.17. The van der Waals surface area contributed by atoms with Crippen LogP contribution >= 0.6 is 0 Å². The summed E-state index contributed by atoms with van der Waals surface area (Å²) in [5.41, 5.74) is 5.71. The highest BCUT2D eigenvalue weighted by Crippen LogP contribution is 2.19. The minimum Gasteiger partial charge on any atom is -0.340 e. The van der Waals surface area contributed by atoms with Crippen LogP contribution in [0.4, 0.5) is 0 Å². The van der Waals surface area contributed by atoms with Crippen molar-refractivity contribution in [3.05, 3.63) is 0 Å². The molecule has 1 amide bonds. The van der Waals surface area contributed by atoms with Gasteiger partial charge in [0.1, 0.15) is 0 Å². The van der Waals surface area contributed by atoms with Gasteiger partial charge < -0.3 is 10.6 Å². The monoisotopic (exact) mass is 213 g/mol. The van der Waals surface area contributed by atoms with Crippen LogP contribution in [-0.4, -0.2) is 54.0 Å². The Morgan fingerprint density at radius 2 is 2.07 bits per heavy atom. The van der Waals surface area contributed by atoms with E-state index in [2.05, 4.69) is 25.8 Å². The molecule has 0 aromatic carbocycles. The number of likely N-dealkylation sites (N-methyl/N-ethyl adjacent to an activating group) is 1. The fourth-order valence-electron chi connectivity index (χ4n) is 1.86. The number of hydrogen-bond donors (Lipinski definition) is 1. The van der Waals surface area contributed by atoms with Gasteiger partial charge in [-0.2, -0.15) is 0 Å². The molecule has 0 aliphatic carbocycles. The Morgan fingerprint density at radius 3 is 2.53 bits per heavy atom. The average molecular weight is 213 g/mol. The first kappa shape index (κ1) is 12.5. The molecule has 1 rings (SSSR count). The zero-order valence-electron chi connectivity index (χ0n) is 10.3. The van der Waals surface area contributed by atoms with E-state index >= 15 is 0 Å². The van der Waals surface area contributed by atoms with Gasteiger partial charge in [-0.1, -0.05) is 0 Å². The lowest BCUT2D eigenvalue weighted by molar-refractivity contribution is -0.136. The average Bonchev–Trinajstić information content (AvgIpc) is 2.08. The van der Waals surface area contributed by atoms with E-state index in [1.165, 1.54) is 0 Å². The summed E-state index contributed by atoms with van der Waals surface area (Å²) in [6, 6.07) is -0.0414. The van der Waals surface area contributed by atoms with Crippen LogP contribution in [0.5, 0.6) is 0 Å². The predicted molar refractivity (Wildman–Crippen MR) is 61.6 cm³/mol. The predicted octanol–water partition coefficient (Wildman–Crippen LogP) is 0.276. The summed E-state index contributed by atoms with van der Waals surface area (Å²) in [5, 5.41) is 0. The maximum atomic E-state index is 11.8. The summed E-state index contributed by atoms with van der Waals surface area (Å²) >= 11 is 0. The van der Waals surface area contributed by atoms with Crippen molar-refractivity contribution in [2.75, 3.05) is 26.7 Å². The number of nitrogens with zero attached hydrogens (tertiary/aromatic N) is 2. The number of carbonyl (C=O) groups is 1. The molecule has 1 aliphatic rings. The van der Waals surface area contributed by atoms with E-state index in [1.54, 1.807) is 0 Å². The lowest BCUT2D eigenvalue weighted by Gasteiger charge is -2.45. The van der Waals surface area contributed by atoms with E-state index in [-0.39, 0.29) is 17.5 Å². The van der Waals surface area contributed by atoms with E-state index in [0.717, 1.165) is 19.6 Å². The molecular weight excluding hydrogens is 190 g/mol. The van der Waals surface area contributed by atoms with Crippen LogP contribution in [0.2, 0.25) is 0 Å². The highest BCUT2D eigenvalue weighted by Gasteiger charge is 2.33. The normalized spacial score (nSPS) is 23.9. The standard InChI is InChI=1S/C11H23N3O/c1-9(12)7-10(15)14-6-5-13(4)11(2,3)8-14/h9H,5-8,12H2,1-4H3. The molecule has 1 heterocycles. The first-order chi connectivity index (χ1) is 6.83. The maximum Gasteiger partial charge on any atom is 0.224 e. The van der Waals surface area contributed by atoms with Gasteiger partial charge in [0.2, 0.25) is 5.91 Å². The molecule has 1 unspecified atom stereocenters. The molecule has 0 spiro atoms. The molecule has 0 radical (unpaired) electrons. The second kappa shape index (κ2) is 4.49. The van der Waals surface area contributed by atoms with Crippen molar-refractivity contribution in [1.82, 2.24) is 9.80 Å². The number of hydrogen-bond acceptors (Lipinski definition) is 3. The summed E-state index contributed by atoms with van der Waals surface area (Å²) in [7, 11) is 2.10. The van der Waals surface area contributed by atoms with Crippen molar-refractivity contribution < 1.29 is 4.79 Å². The maximum absolute atomic E-state index is 11.8. The van der Waals surface area contributed by atoms with Crippen molar-refractivity contribution in [3.63, 3.8) is 0 Å². The summed E-state index contributed by atoms with van der Waals surface area (Å²) in [5.74, 6) is 0.186. The van der Waals surface area contributed by atoms with Gasteiger partial charge in [0.05, 0.1) is 0 Å². The first-order valence-electron chi connectivity index (χ1n) is 5.57. The third-order valence-corrected chi connectivity index (χ3v) is 3.17. The molecule has 1 saturated heterocycles. The van der Waals surface area contributed by atoms with Gasteiger partial charge in [0.25, 0.3) is 0 Å². The quantitative estimate of drug-likeness (QED) is 0.716. The smallest absolute Gasteiger partial charge is 0.224 e. The lowest BCUT2D eigenvalue weighted by Crippen LogP contribution is -2.59. The van der Waals surface area contributed by atoms with Crippen LogP contribution in [-0.2, 0) is 4.79 Å². The molecule has 0 aromatic heterocycles. The molecule has 4 heteroatoms. The first-order valence-corrected chi connectivity index (χ1v) is 5.57. The van der Waals surface area contributed by atoms with Crippen molar-refractivity contribution in [2.45, 2.75) is 38.8 Å². The highest BCUT2D eigenvalue weighted by atomic mass is 16.2. The summed E-state index contributed by atoms with van der Waals surface area (Å²) in [6.07, 6.45) is 0.458. The summed E-state index contributed by atoms with van der Waals surface area (Å²) < 4.78 is 0. The highest BCUT2D eigenvalue weighted by molar-refractivity contribution is 5.77. The summed E-state index contributed by atoms with van der Waals surface area (Å²) in [4.78, 5) is 16.1. The van der Waals surface area contributed by atoms with Crippen LogP contribution in [0, 0.1) is 0 Å². The van der Waals surface area contributed by atoms with E-state index in [0.29, 0.717) is 6.42 Å². The van der Waals surface area contributed by atoms with Gasteiger partial charge in [-0.15, -0.1) is 0 Å². The van der Waals surface area contributed by atoms with Crippen LogP contribution in [0.3, 0.4) is 0 Å². The van der Waals surface area contributed by atoms with Gasteiger partial charge in [-0.3, -0.25) is 9.69 Å². The summed E-state index contributed by atoms with van der Waals surface area (Å²) in [6.45, 7) is 8.77. The van der Waals surface area contributed by atoms with Gasteiger partial charge in [0, 0.05) is 37.6 Å². The number of amides is 1. The molecule has 0 saturated carbocycles. The molecule has 1 atom stereocenters. The Morgan fingerprint density at radius 1 is 1.47 bits per heavy atom. The molecule has 1 fully saturated rings. The van der Waals surface area contributed by atoms with Crippen LogP contribution < -0.4 is 5.73 Å². The largest absolute Gasteiger partial charge is 0.340 e. The van der Waals surface area contributed by atoms with Crippen LogP contribution in [0.1, 0.15) is 27.2 Å². The Hall–Kier alpha value is -0.610. The number of nitrogens with two attached hydrogens (primary N) is 1. The molecule has 0 aromatic rings. The van der Waals surface area contributed by atoms with E-state index in [9.17, 15) is 4.79 Å². The minimum absolute atomic E-state index is 0.0414. The number of piperazine rings is 1.